The van der Waals surface area contributed by atoms with E-state index in [-0.39, 0.29) is 5.89 Å². The third-order valence-electron chi connectivity index (χ3n) is 2.12. The average molecular weight is 243 g/mol. The largest absolute Gasteiger partial charge is 0.455 e. The zero-order chi connectivity index (χ0) is 12.5. The van der Waals surface area contributed by atoms with Crippen LogP contribution in [0.25, 0.3) is 0 Å². The van der Waals surface area contributed by atoms with Gasteiger partial charge in [0.2, 0.25) is 5.89 Å². The van der Waals surface area contributed by atoms with Crippen molar-refractivity contribution in [1.82, 2.24) is 10.1 Å². The Kier molecular flexibility index (Phi) is 2.84. The first-order valence-electron chi connectivity index (χ1n) is 4.70. The zero-order valence-electron chi connectivity index (χ0n) is 8.48. The van der Waals surface area contributed by atoms with Gasteiger partial charge in [0.1, 0.15) is 6.04 Å². The van der Waals surface area contributed by atoms with Crippen LogP contribution in [0.2, 0.25) is 0 Å². The topological polar surface area (TPSA) is 64.9 Å². The van der Waals surface area contributed by atoms with E-state index in [1.165, 1.54) is 0 Å². The van der Waals surface area contributed by atoms with Crippen molar-refractivity contribution >= 4 is 0 Å². The van der Waals surface area contributed by atoms with Gasteiger partial charge in [0.25, 0.3) is 5.82 Å². The molecular formula is C10H8F3N3O. The van der Waals surface area contributed by atoms with Crippen LogP contribution in [0.5, 0.6) is 0 Å². The third kappa shape index (κ3) is 2.44. The van der Waals surface area contributed by atoms with E-state index in [0.717, 1.165) is 0 Å². The Morgan fingerprint density at radius 3 is 2.35 bits per heavy atom. The van der Waals surface area contributed by atoms with Gasteiger partial charge >= 0.3 is 6.18 Å². The zero-order valence-corrected chi connectivity index (χ0v) is 8.48. The van der Waals surface area contributed by atoms with Crippen LogP contribution in [0.3, 0.4) is 0 Å². The predicted molar refractivity (Wildman–Crippen MR) is 51.8 cm³/mol. The maximum atomic E-state index is 12.2. The lowest BCUT2D eigenvalue weighted by molar-refractivity contribution is -0.146. The van der Waals surface area contributed by atoms with Crippen LogP contribution >= 0.6 is 0 Å². The van der Waals surface area contributed by atoms with E-state index in [4.69, 9.17) is 5.73 Å². The molecule has 2 aromatic rings. The maximum Gasteiger partial charge on any atom is 0.455 e. The highest BCUT2D eigenvalue weighted by molar-refractivity contribution is 5.23. The number of nitrogens with two attached hydrogens (primary N) is 1. The SMILES string of the molecule is N[C@H](c1ccccc1)c1nc(C(F)(F)F)no1. The van der Waals surface area contributed by atoms with Crippen LogP contribution in [0.1, 0.15) is 23.3 Å². The smallest absolute Gasteiger partial charge is 0.337 e. The van der Waals surface area contributed by atoms with Gasteiger partial charge in [0, 0.05) is 0 Å². The lowest BCUT2D eigenvalue weighted by Crippen LogP contribution is -2.13. The summed E-state index contributed by atoms with van der Waals surface area (Å²) < 4.78 is 41.2. The first kappa shape index (κ1) is 11.6. The van der Waals surface area contributed by atoms with Crippen molar-refractivity contribution in [2.75, 3.05) is 0 Å². The number of halogens is 3. The first-order valence-corrected chi connectivity index (χ1v) is 4.70. The van der Waals surface area contributed by atoms with Crippen LogP contribution in [0, 0.1) is 0 Å². The standard InChI is InChI=1S/C10H8F3N3O/c11-10(12,13)9-15-8(17-16-9)7(14)6-4-2-1-3-5-6/h1-5,7H,14H2/t7-/m1/s1. The highest BCUT2D eigenvalue weighted by Crippen LogP contribution is 2.28. The number of rotatable bonds is 2. The number of nitrogens with zero attached hydrogens (tertiary/aromatic N) is 2. The van der Waals surface area contributed by atoms with E-state index in [9.17, 15) is 13.2 Å². The summed E-state index contributed by atoms with van der Waals surface area (Å²) in [4.78, 5) is 3.23. The van der Waals surface area contributed by atoms with E-state index >= 15 is 0 Å². The summed E-state index contributed by atoms with van der Waals surface area (Å²) in [5.74, 6) is -1.58. The normalized spacial score (nSPS) is 13.6. The molecule has 0 aliphatic heterocycles. The monoisotopic (exact) mass is 243 g/mol. The summed E-state index contributed by atoms with van der Waals surface area (Å²) in [6.07, 6.45) is -4.63. The van der Waals surface area contributed by atoms with Gasteiger partial charge in [-0.25, -0.2) is 0 Å². The molecule has 1 aromatic heterocycles. The Morgan fingerprint density at radius 2 is 1.82 bits per heavy atom. The first-order chi connectivity index (χ1) is 7.98. The fourth-order valence-corrected chi connectivity index (χ4v) is 1.28. The van der Waals surface area contributed by atoms with Crippen LogP contribution < -0.4 is 5.73 Å². The Balaban J connectivity index is 2.27. The fourth-order valence-electron chi connectivity index (χ4n) is 1.28. The number of aromatic nitrogens is 2. The molecule has 0 bridgehead atoms. The third-order valence-corrected chi connectivity index (χ3v) is 2.12. The Morgan fingerprint density at radius 1 is 1.18 bits per heavy atom. The minimum absolute atomic E-state index is 0.261. The molecule has 0 aliphatic carbocycles. The molecule has 7 heteroatoms. The second kappa shape index (κ2) is 4.17. The minimum atomic E-state index is -4.63. The number of benzene rings is 1. The van der Waals surface area contributed by atoms with Gasteiger partial charge in [-0.2, -0.15) is 18.2 Å². The maximum absolute atomic E-state index is 12.2. The van der Waals surface area contributed by atoms with Gasteiger partial charge in [-0.15, -0.1) is 0 Å². The van der Waals surface area contributed by atoms with Crippen molar-refractivity contribution in [3.05, 3.63) is 47.6 Å². The molecular weight excluding hydrogens is 235 g/mol. The van der Waals surface area contributed by atoms with Crippen LogP contribution in [-0.2, 0) is 6.18 Å². The number of hydrogen-bond donors (Lipinski definition) is 1. The summed E-state index contributed by atoms with van der Waals surface area (Å²) in [6, 6.07) is 7.68. The van der Waals surface area contributed by atoms with Gasteiger partial charge in [0.05, 0.1) is 0 Å². The highest BCUT2D eigenvalue weighted by atomic mass is 19.4. The van der Waals surface area contributed by atoms with Crippen LogP contribution in [0.4, 0.5) is 13.2 Å². The molecule has 4 nitrogen and oxygen atoms in total. The van der Waals surface area contributed by atoms with Crippen molar-refractivity contribution < 1.29 is 17.7 Å². The minimum Gasteiger partial charge on any atom is -0.337 e. The van der Waals surface area contributed by atoms with Crippen molar-refractivity contribution in [3.63, 3.8) is 0 Å². The van der Waals surface area contributed by atoms with E-state index in [1.807, 2.05) is 0 Å². The molecule has 0 radical (unpaired) electrons. The van der Waals surface area contributed by atoms with Crippen LogP contribution in [-0.4, -0.2) is 10.1 Å². The van der Waals surface area contributed by atoms with E-state index in [0.29, 0.717) is 5.56 Å². The molecule has 0 saturated heterocycles. The molecule has 1 aromatic carbocycles. The van der Waals surface area contributed by atoms with Gasteiger partial charge < -0.3 is 10.3 Å². The predicted octanol–water partition coefficient (Wildman–Crippen LogP) is 2.14. The number of hydrogen-bond acceptors (Lipinski definition) is 4. The van der Waals surface area contributed by atoms with Gasteiger partial charge in [-0.05, 0) is 5.56 Å². The molecule has 0 amide bonds. The molecule has 17 heavy (non-hydrogen) atoms. The molecule has 1 atom stereocenters. The summed E-state index contributed by atoms with van der Waals surface area (Å²) >= 11 is 0. The second-order valence-electron chi connectivity index (χ2n) is 3.34. The molecule has 0 spiro atoms. The van der Waals surface area contributed by atoms with Crippen LogP contribution in [0.15, 0.2) is 34.9 Å². The fraction of sp³-hybridized carbons (Fsp3) is 0.200. The van der Waals surface area contributed by atoms with Gasteiger partial charge in [-0.1, -0.05) is 35.5 Å². The van der Waals surface area contributed by atoms with E-state index in [1.54, 1.807) is 30.3 Å². The molecule has 1 heterocycles. The van der Waals surface area contributed by atoms with Crippen molar-refractivity contribution in [2.24, 2.45) is 5.73 Å². The molecule has 0 saturated carbocycles. The van der Waals surface area contributed by atoms with Crippen molar-refractivity contribution in [2.45, 2.75) is 12.2 Å². The number of alkyl halides is 3. The summed E-state index contributed by atoms with van der Waals surface area (Å²) in [7, 11) is 0. The molecule has 0 aliphatic rings. The van der Waals surface area contributed by atoms with Crippen molar-refractivity contribution in [1.29, 1.82) is 0 Å². The summed E-state index contributed by atoms with van der Waals surface area (Å²) in [5.41, 5.74) is 6.31. The second-order valence-corrected chi connectivity index (χ2v) is 3.34. The van der Waals surface area contributed by atoms with Gasteiger partial charge in [0.15, 0.2) is 0 Å². The highest BCUT2D eigenvalue weighted by Gasteiger charge is 2.37. The molecule has 0 fully saturated rings. The van der Waals surface area contributed by atoms with E-state index < -0.39 is 18.0 Å². The Hall–Kier alpha value is -1.89. The molecule has 90 valence electrons. The lowest BCUT2D eigenvalue weighted by atomic mass is 10.1. The molecule has 2 rings (SSSR count). The molecule has 2 N–H and O–H groups in total. The Bertz CT molecular complexity index is 495. The summed E-state index contributed by atoms with van der Waals surface area (Å²) in [5, 5.41) is 2.84. The quantitative estimate of drug-likeness (QED) is 0.877. The Labute approximate surface area is 94.2 Å². The lowest BCUT2D eigenvalue weighted by Gasteiger charge is -2.05. The van der Waals surface area contributed by atoms with Crippen molar-refractivity contribution in [3.8, 4) is 0 Å². The summed E-state index contributed by atoms with van der Waals surface area (Å²) in [6.45, 7) is 0. The van der Waals surface area contributed by atoms with E-state index in [2.05, 4.69) is 14.7 Å². The molecule has 0 unspecified atom stereocenters. The van der Waals surface area contributed by atoms with Gasteiger partial charge in [-0.3, -0.25) is 0 Å². The average Bonchev–Trinajstić information content (AvgIpc) is 2.78.